The van der Waals surface area contributed by atoms with Crippen molar-refractivity contribution in [3.63, 3.8) is 0 Å². The first-order valence-electron chi connectivity index (χ1n) is 8.98. The minimum absolute atomic E-state index is 0.195. The highest BCUT2D eigenvalue weighted by molar-refractivity contribution is 5.89. The van der Waals surface area contributed by atoms with Gasteiger partial charge in [-0.15, -0.1) is 0 Å². The van der Waals surface area contributed by atoms with Crippen LogP contribution in [-0.2, 0) is 4.74 Å². The van der Waals surface area contributed by atoms with E-state index in [4.69, 9.17) is 4.74 Å². The highest BCUT2D eigenvalue weighted by Crippen LogP contribution is 2.11. The summed E-state index contributed by atoms with van der Waals surface area (Å²) in [7, 11) is 0. The average molecular weight is 304 g/mol. The van der Waals surface area contributed by atoms with Crippen molar-refractivity contribution in [1.82, 2.24) is 0 Å². The first-order valence-corrected chi connectivity index (χ1v) is 8.98. The van der Waals surface area contributed by atoms with Gasteiger partial charge in [0.25, 0.3) is 0 Å². The number of unbranched alkanes of at least 4 members (excludes halogenated alkanes) is 9. The summed E-state index contributed by atoms with van der Waals surface area (Å²) >= 11 is 0. The van der Waals surface area contributed by atoms with E-state index < -0.39 is 0 Å². The van der Waals surface area contributed by atoms with Crippen LogP contribution >= 0.6 is 0 Å². The third-order valence-electron chi connectivity index (χ3n) is 3.98. The molecule has 2 heteroatoms. The van der Waals surface area contributed by atoms with Gasteiger partial charge in [-0.25, -0.2) is 4.79 Å². The van der Waals surface area contributed by atoms with E-state index in [9.17, 15) is 4.79 Å². The number of ether oxygens (including phenoxy) is 1. The fourth-order valence-corrected chi connectivity index (χ4v) is 2.61. The summed E-state index contributed by atoms with van der Waals surface area (Å²) in [4.78, 5) is 11.8. The minimum Gasteiger partial charge on any atom is -0.462 e. The van der Waals surface area contributed by atoms with Crippen LogP contribution in [0, 0.1) is 6.92 Å². The number of benzene rings is 1. The molecule has 1 aromatic carbocycles. The van der Waals surface area contributed by atoms with Gasteiger partial charge in [-0.05, 0) is 25.5 Å². The average Bonchev–Trinajstić information content (AvgIpc) is 2.52. The molecule has 2 nitrogen and oxygen atoms in total. The molecule has 22 heavy (non-hydrogen) atoms. The molecular formula is C20H32O2. The molecule has 0 saturated heterocycles. The van der Waals surface area contributed by atoms with Crippen molar-refractivity contribution in [2.45, 2.75) is 78.1 Å². The van der Waals surface area contributed by atoms with Crippen LogP contribution in [0.5, 0.6) is 0 Å². The second-order valence-electron chi connectivity index (χ2n) is 6.19. The van der Waals surface area contributed by atoms with Gasteiger partial charge in [0.15, 0.2) is 0 Å². The molecule has 124 valence electrons. The second-order valence-corrected chi connectivity index (χ2v) is 6.19. The van der Waals surface area contributed by atoms with Gasteiger partial charge in [-0.1, -0.05) is 82.4 Å². The summed E-state index contributed by atoms with van der Waals surface area (Å²) in [5, 5.41) is 0. The fraction of sp³-hybridized carbons (Fsp3) is 0.650. The molecule has 0 N–H and O–H groups in total. The highest BCUT2D eigenvalue weighted by Gasteiger charge is 2.06. The predicted octanol–water partition coefficient (Wildman–Crippen LogP) is 6.07. The van der Waals surface area contributed by atoms with Crippen LogP contribution in [0.4, 0.5) is 0 Å². The molecule has 0 spiro atoms. The minimum atomic E-state index is -0.195. The summed E-state index contributed by atoms with van der Waals surface area (Å²) in [6, 6.07) is 7.57. The maximum atomic E-state index is 11.8. The summed E-state index contributed by atoms with van der Waals surface area (Å²) < 4.78 is 5.32. The fourth-order valence-electron chi connectivity index (χ4n) is 2.61. The van der Waals surface area contributed by atoms with E-state index in [0.717, 1.165) is 18.4 Å². The number of esters is 1. The van der Waals surface area contributed by atoms with E-state index in [-0.39, 0.29) is 5.97 Å². The van der Waals surface area contributed by atoms with Gasteiger partial charge in [0.05, 0.1) is 12.2 Å². The molecule has 0 aliphatic rings. The molecule has 1 aromatic rings. The Morgan fingerprint density at radius 2 is 1.50 bits per heavy atom. The third kappa shape index (κ3) is 8.86. The lowest BCUT2D eigenvalue weighted by Gasteiger charge is -2.05. The van der Waals surface area contributed by atoms with Crippen LogP contribution in [-0.4, -0.2) is 12.6 Å². The van der Waals surface area contributed by atoms with Crippen molar-refractivity contribution >= 4 is 5.97 Å². The molecule has 0 saturated carbocycles. The number of rotatable bonds is 12. The van der Waals surface area contributed by atoms with Crippen molar-refractivity contribution < 1.29 is 9.53 Å². The zero-order valence-electron chi connectivity index (χ0n) is 14.4. The molecular weight excluding hydrogens is 272 g/mol. The lowest BCUT2D eigenvalue weighted by molar-refractivity contribution is 0.0497. The molecule has 0 fully saturated rings. The maximum absolute atomic E-state index is 11.8. The smallest absolute Gasteiger partial charge is 0.338 e. The Bertz CT molecular complexity index is 412. The molecule has 1 rings (SSSR count). The van der Waals surface area contributed by atoms with Gasteiger partial charge in [-0.3, -0.25) is 0 Å². The highest BCUT2D eigenvalue weighted by atomic mass is 16.5. The molecule has 0 aromatic heterocycles. The third-order valence-corrected chi connectivity index (χ3v) is 3.98. The topological polar surface area (TPSA) is 26.3 Å². The molecule has 0 atom stereocenters. The molecule has 0 bridgehead atoms. The van der Waals surface area contributed by atoms with Crippen molar-refractivity contribution in [2.75, 3.05) is 6.61 Å². The van der Waals surface area contributed by atoms with E-state index in [1.807, 2.05) is 31.2 Å². The summed E-state index contributed by atoms with van der Waals surface area (Å²) in [6.07, 6.45) is 12.9. The molecule has 0 unspecified atom stereocenters. The van der Waals surface area contributed by atoms with Crippen LogP contribution in [0.1, 0.15) is 87.1 Å². The number of carbonyl (C=O) groups is 1. The number of carbonyl (C=O) groups excluding carboxylic acids is 1. The van der Waals surface area contributed by atoms with Gasteiger partial charge in [0.2, 0.25) is 0 Å². The van der Waals surface area contributed by atoms with Gasteiger partial charge in [0, 0.05) is 0 Å². The Labute approximate surface area is 136 Å². The van der Waals surface area contributed by atoms with E-state index in [1.54, 1.807) is 0 Å². The summed E-state index contributed by atoms with van der Waals surface area (Å²) in [5.74, 6) is -0.195. The van der Waals surface area contributed by atoms with Gasteiger partial charge in [-0.2, -0.15) is 0 Å². The van der Waals surface area contributed by atoms with Crippen LogP contribution in [0.15, 0.2) is 24.3 Å². The number of aryl methyl sites for hydroxylation is 1. The Morgan fingerprint density at radius 1 is 0.909 bits per heavy atom. The molecule has 0 aliphatic heterocycles. The maximum Gasteiger partial charge on any atom is 0.338 e. The molecule has 0 amide bonds. The molecule has 0 heterocycles. The van der Waals surface area contributed by atoms with Crippen molar-refractivity contribution in [2.24, 2.45) is 0 Å². The molecule has 0 aliphatic carbocycles. The van der Waals surface area contributed by atoms with Gasteiger partial charge >= 0.3 is 5.97 Å². The quantitative estimate of drug-likeness (QED) is 0.346. The Morgan fingerprint density at radius 3 is 2.09 bits per heavy atom. The predicted molar refractivity (Wildman–Crippen MR) is 93.3 cm³/mol. The Hall–Kier alpha value is -1.31. The SMILES string of the molecule is CCCCCCCCCCCCOC(=O)c1cccc(C)c1. The lowest BCUT2D eigenvalue weighted by Crippen LogP contribution is -2.06. The molecule has 0 radical (unpaired) electrons. The Balaban J connectivity index is 1.94. The van der Waals surface area contributed by atoms with E-state index in [0.29, 0.717) is 12.2 Å². The standard InChI is InChI=1S/C20H32O2/c1-3-4-5-6-7-8-9-10-11-12-16-22-20(21)19-15-13-14-18(2)17-19/h13-15,17H,3-12,16H2,1-2H3. The Kier molecular flexibility index (Phi) is 10.4. The van der Waals surface area contributed by atoms with Crippen molar-refractivity contribution in [3.05, 3.63) is 35.4 Å². The first kappa shape index (κ1) is 18.7. The number of hydrogen-bond donors (Lipinski definition) is 0. The normalized spacial score (nSPS) is 10.6. The van der Waals surface area contributed by atoms with Crippen molar-refractivity contribution in [3.8, 4) is 0 Å². The second kappa shape index (κ2) is 12.3. The largest absolute Gasteiger partial charge is 0.462 e. The lowest BCUT2D eigenvalue weighted by atomic mass is 10.1. The zero-order valence-corrected chi connectivity index (χ0v) is 14.4. The summed E-state index contributed by atoms with van der Waals surface area (Å²) in [6.45, 7) is 4.79. The summed E-state index contributed by atoms with van der Waals surface area (Å²) in [5.41, 5.74) is 1.75. The van der Waals surface area contributed by atoms with Crippen LogP contribution in [0.3, 0.4) is 0 Å². The monoisotopic (exact) mass is 304 g/mol. The van der Waals surface area contributed by atoms with Crippen molar-refractivity contribution in [1.29, 1.82) is 0 Å². The first-order chi connectivity index (χ1) is 10.7. The zero-order chi connectivity index (χ0) is 16.0. The van der Waals surface area contributed by atoms with Crippen LogP contribution < -0.4 is 0 Å². The number of hydrogen-bond acceptors (Lipinski definition) is 2. The van der Waals surface area contributed by atoms with E-state index in [2.05, 4.69) is 6.92 Å². The van der Waals surface area contributed by atoms with Gasteiger partial charge in [0.1, 0.15) is 0 Å². The van der Waals surface area contributed by atoms with Crippen LogP contribution in [0.25, 0.3) is 0 Å². The van der Waals surface area contributed by atoms with Gasteiger partial charge < -0.3 is 4.74 Å². The van der Waals surface area contributed by atoms with E-state index in [1.165, 1.54) is 51.4 Å². The van der Waals surface area contributed by atoms with Crippen LogP contribution in [0.2, 0.25) is 0 Å². The van der Waals surface area contributed by atoms with E-state index >= 15 is 0 Å².